The van der Waals surface area contributed by atoms with Gasteiger partial charge in [0.2, 0.25) is 5.95 Å². The number of nitrogens with zero attached hydrogens (tertiary/aromatic N) is 2. The van der Waals surface area contributed by atoms with E-state index in [4.69, 9.17) is 5.11 Å². The van der Waals surface area contributed by atoms with Gasteiger partial charge < -0.3 is 15.7 Å². The van der Waals surface area contributed by atoms with Crippen LogP contribution in [0.25, 0.3) is 0 Å². The first-order valence-corrected chi connectivity index (χ1v) is 8.70. The molecule has 0 saturated heterocycles. The Morgan fingerprint density at radius 3 is 2.32 bits per heavy atom. The Hall–Kier alpha value is -3.74. The summed E-state index contributed by atoms with van der Waals surface area (Å²) in [6, 6.07) is 15.4. The summed E-state index contributed by atoms with van der Waals surface area (Å²) in [5.41, 5.74) is 3.78. The zero-order valence-corrected chi connectivity index (χ0v) is 15.6. The topological polar surface area (TPSA) is 104 Å². The molecular formula is C21H20N4O3. The molecule has 2 aromatic carbocycles. The van der Waals surface area contributed by atoms with Gasteiger partial charge in [-0.15, -0.1) is 0 Å². The minimum atomic E-state index is -0.999. The molecule has 1 amide bonds. The Labute approximate surface area is 162 Å². The van der Waals surface area contributed by atoms with E-state index in [1.807, 2.05) is 26.0 Å². The number of carbonyl (C=O) groups excluding carboxylic acids is 1. The molecule has 0 aliphatic rings. The van der Waals surface area contributed by atoms with Gasteiger partial charge in [0.25, 0.3) is 5.91 Å². The monoisotopic (exact) mass is 376 g/mol. The molecule has 7 nitrogen and oxygen atoms in total. The maximum absolute atomic E-state index is 12.5. The minimum Gasteiger partial charge on any atom is -0.478 e. The zero-order valence-electron chi connectivity index (χ0n) is 15.6. The van der Waals surface area contributed by atoms with Crippen LogP contribution in [0, 0.1) is 13.8 Å². The molecule has 3 N–H and O–H groups in total. The summed E-state index contributed by atoms with van der Waals surface area (Å²) in [6.07, 6.45) is 0. The van der Waals surface area contributed by atoms with Gasteiger partial charge in [0.05, 0.1) is 5.56 Å². The van der Waals surface area contributed by atoms with Crippen LogP contribution in [0.1, 0.15) is 37.7 Å². The smallest absolute Gasteiger partial charge is 0.335 e. The SMILES string of the molecule is Cc1cc(C)nc(Nc2cccc(C(=O)NCc3cccc(C(=O)O)c3)c2)n1. The number of rotatable bonds is 6. The lowest BCUT2D eigenvalue weighted by Gasteiger charge is -2.09. The van der Waals surface area contributed by atoms with Crippen LogP contribution in [-0.4, -0.2) is 27.0 Å². The second-order valence-electron chi connectivity index (χ2n) is 6.37. The summed E-state index contributed by atoms with van der Waals surface area (Å²) in [7, 11) is 0. The van der Waals surface area contributed by atoms with E-state index in [1.165, 1.54) is 12.1 Å². The first kappa shape index (κ1) is 19.0. The maximum Gasteiger partial charge on any atom is 0.335 e. The van der Waals surface area contributed by atoms with Gasteiger partial charge in [0, 0.05) is 29.2 Å². The van der Waals surface area contributed by atoms with E-state index < -0.39 is 5.97 Å². The fourth-order valence-corrected chi connectivity index (χ4v) is 2.75. The van der Waals surface area contributed by atoms with Crippen molar-refractivity contribution in [3.8, 4) is 0 Å². The molecule has 0 aliphatic carbocycles. The predicted octanol–water partition coefficient (Wildman–Crippen LogP) is 3.47. The predicted molar refractivity (Wildman–Crippen MR) is 106 cm³/mol. The van der Waals surface area contributed by atoms with E-state index in [0.29, 0.717) is 22.8 Å². The average molecular weight is 376 g/mol. The van der Waals surface area contributed by atoms with Crippen LogP contribution in [0.5, 0.6) is 0 Å². The number of hydrogen-bond donors (Lipinski definition) is 3. The van der Waals surface area contributed by atoms with Crippen molar-refractivity contribution in [2.45, 2.75) is 20.4 Å². The molecule has 7 heteroatoms. The number of aromatic nitrogens is 2. The van der Waals surface area contributed by atoms with E-state index in [9.17, 15) is 9.59 Å². The minimum absolute atomic E-state index is 0.186. The van der Waals surface area contributed by atoms with Crippen molar-refractivity contribution < 1.29 is 14.7 Å². The first-order valence-electron chi connectivity index (χ1n) is 8.70. The molecule has 0 spiro atoms. The fraction of sp³-hybridized carbons (Fsp3) is 0.143. The Balaban J connectivity index is 1.68. The molecule has 0 aliphatic heterocycles. The highest BCUT2D eigenvalue weighted by Gasteiger charge is 2.09. The van der Waals surface area contributed by atoms with Crippen molar-refractivity contribution >= 4 is 23.5 Å². The number of carbonyl (C=O) groups is 2. The lowest BCUT2D eigenvalue weighted by molar-refractivity contribution is 0.0696. The van der Waals surface area contributed by atoms with Crippen molar-refractivity contribution in [1.82, 2.24) is 15.3 Å². The second kappa shape index (κ2) is 8.30. The van der Waals surface area contributed by atoms with E-state index >= 15 is 0 Å². The molecule has 0 atom stereocenters. The lowest BCUT2D eigenvalue weighted by atomic mass is 10.1. The van der Waals surface area contributed by atoms with Gasteiger partial charge in [-0.05, 0) is 55.8 Å². The zero-order chi connectivity index (χ0) is 20.1. The number of aromatic carboxylic acids is 1. The standard InChI is InChI=1S/C21H20N4O3/c1-13-9-14(2)24-21(23-13)25-18-8-4-6-16(11-18)19(26)22-12-15-5-3-7-17(10-15)20(27)28/h3-11H,12H2,1-2H3,(H,22,26)(H,27,28)(H,23,24,25). The molecule has 142 valence electrons. The highest BCUT2D eigenvalue weighted by Crippen LogP contribution is 2.16. The third kappa shape index (κ3) is 4.91. The molecule has 28 heavy (non-hydrogen) atoms. The number of carboxylic acids is 1. The molecule has 1 heterocycles. The summed E-state index contributed by atoms with van der Waals surface area (Å²) in [5.74, 6) is -0.785. The van der Waals surface area contributed by atoms with Crippen molar-refractivity contribution in [1.29, 1.82) is 0 Å². The van der Waals surface area contributed by atoms with Crippen molar-refractivity contribution in [2.75, 3.05) is 5.32 Å². The van der Waals surface area contributed by atoms with Gasteiger partial charge in [-0.1, -0.05) is 18.2 Å². The quantitative estimate of drug-likeness (QED) is 0.609. The Kier molecular flexibility index (Phi) is 5.64. The number of benzene rings is 2. The number of aryl methyl sites for hydroxylation is 2. The van der Waals surface area contributed by atoms with E-state index in [2.05, 4.69) is 20.6 Å². The van der Waals surface area contributed by atoms with Crippen LogP contribution < -0.4 is 10.6 Å². The largest absolute Gasteiger partial charge is 0.478 e. The average Bonchev–Trinajstić information content (AvgIpc) is 2.65. The highest BCUT2D eigenvalue weighted by molar-refractivity contribution is 5.95. The molecule has 0 saturated carbocycles. The van der Waals surface area contributed by atoms with Gasteiger partial charge in [-0.25, -0.2) is 14.8 Å². The third-order valence-electron chi connectivity index (χ3n) is 3.99. The highest BCUT2D eigenvalue weighted by atomic mass is 16.4. The number of hydrogen-bond acceptors (Lipinski definition) is 5. The normalized spacial score (nSPS) is 10.4. The van der Waals surface area contributed by atoms with Gasteiger partial charge >= 0.3 is 5.97 Å². The molecule has 0 unspecified atom stereocenters. The number of carboxylic acid groups (broad SMARTS) is 1. The van der Waals surface area contributed by atoms with Gasteiger partial charge in [-0.2, -0.15) is 0 Å². The Bertz CT molecular complexity index is 1010. The van der Waals surface area contributed by atoms with Gasteiger partial charge in [0.15, 0.2) is 0 Å². The molecule has 0 radical (unpaired) electrons. The van der Waals surface area contributed by atoms with Crippen LogP contribution in [0.3, 0.4) is 0 Å². The fourth-order valence-electron chi connectivity index (χ4n) is 2.75. The third-order valence-corrected chi connectivity index (χ3v) is 3.99. The van der Waals surface area contributed by atoms with Crippen molar-refractivity contribution in [3.63, 3.8) is 0 Å². The van der Waals surface area contributed by atoms with Crippen molar-refractivity contribution in [2.24, 2.45) is 0 Å². The molecule has 0 bridgehead atoms. The summed E-state index contributed by atoms with van der Waals surface area (Å²) < 4.78 is 0. The van der Waals surface area contributed by atoms with E-state index in [1.54, 1.807) is 30.3 Å². The lowest BCUT2D eigenvalue weighted by Crippen LogP contribution is -2.23. The van der Waals surface area contributed by atoms with Crippen LogP contribution in [-0.2, 0) is 6.54 Å². The summed E-state index contributed by atoms with van der Waals surface area (Å²) in [6.45, 7) is 4.02. The van der Waals surface area contributed by atoms with Gasteiger partial charge in [0.1, 0.15) is 0 Å². The number of amides is 1. The molecule has 3 rings (SSSR count). The van der Waals surface area contributed by atoms with Crippen molar-refractivity contribution in [3.05, 3.63) is 82.7 Å². The van der Waals surface area contributed by atoms with E-state index in [-0.39, 0.29) is 18.0 Å². The molecule has 1 aromatic heterocycles. The molecule has 0 fully saturated rings. The molecular weight excluding hydrogens is 356 g/mol. The Morgan fingerprint density at radius 1 is 0.929 bits per heavy atom. The van der Waals surface area contributed by atoms with Crippen LogP contribution >= 0.6 is 0 Å². The van der Waals surface area contributed by atoms with Crippen LogP contribution in [0.4, 0.5) is 11.6 Å². The number of anilines is 2. The summed E-state index contributed by atoms with van der Waals surface area (Å²) in [5, 5.41) is 15.0. The summed E-state index contributed by atoms with van der Waals surface area (Å²) >= 11 is 0. The summed E-state index contributed by atoms with van der Waals surface area (Å²) in [4.78, 5) is 32.2. The number of nitrogens with one attached hydrogen (secondary N) is 2. The van der Waals surface area contributed by atoms with Gasteiger partial charge in [-0.3, -0.25) is 4.79 Å². The van der Waals surface area contributed by atoms with E-state index in [0.717, 1.165) is 11.4 Å². The Morgan fingerprint density at radius 2 is 1.61 bits per heavy atom. The van der Waals surface area contributed by atoms with Crippen LogP contribution in [0.15, 0.2) is 54.6 Å². The van der Waals surface area contributed by atoms with Crippen LogP contribution in [0.2, 0.25) is 0 Å². The second-order valence-corrected chi connectivity index (χ2v) is 6.37. The maximum atomic E-state index is 12.5. The first-order chi connectivity index (χ1) is 13.4. The molecule has 3 aromatic rings.